The average molecular weight is 443 g/mol. The number of thioether (sulfide) groups is 1. The predicted molar refractivity (Wildman–Crippen MR) is 121 cm³/mol. The molecular weight excluding hydrogens is 420 g/mol. The first-order chi connectivity index (χ1) is 14.5. The summed E-state index contributed by atoms with van der Waals surface area (Å²) in [5.74, 6) is 1.21. The van der Waals surface area contributed by atoms with Gasteiger partial charge in [-0.05, 0) is 42.3 Å². The van der Waals surface area contributed by atoms with Crippen molar-refractivity contribution in [2.45, 2.75) is 12.2 Å². The molecule has 0 spiro atoms. The van der Waals surface area contributed by atoms with E-state index >= 15 is 0 Å². The monoisotopic (exact) mass is 442 g/mol. The minimum absolute atomic E-state index is 0.0887. The van der Waals surface area contributed by atoms with Crippen LogP contribution in [0.5, 0.6) is 0 Å². The van der Waals surface area contributed by atoms with E-state index in [-0.39, 0.29) is 11.9 Å². The van der Waals surface area contributed by atoms with Crippen molar-refractivity contribution in [3.05, 3.63) is 64.7 Å². The van der Waals surface area contributed by atoms with Crippen LogP contribution in [0, 0.1) is 11.3 Å². The molecule has 0 unspecified atom stereocenters. The molecular formula is C22H23ClN4O2S. The molecule has 1 aliphatic heterocycles. The molecule has 156 valence electrons. The van der Waals surface area contributed by atoms with Gasteiger partial charge in [-0.3, -0.25) is 4.79 Å². The van der Waals surface area contributed by atoms with E-state index in [0.717, 1.165) is 17.7 Å². The lowest BCUT2D eigenvalue weighted by Crippen LogP contribution is -2.39. The molecule has 3 rings (SSSR count). The minimum Gasteiger partial charge on any atom is -0.340 e. The summed E-state index contributed by atoms with van der Waals surface area (Å²) in [6, 6.07) is 16.4. The zero-order valence-corrected chi connectivity index (χ0v) is 18.1. The Bertz CT molecular complexity index is 929. The van der Waals surface area contributed by atoms with E-state index in [1.165, 1.54) is 0 Å². The summed E-state index contributed by atoms with van der Waals surface area (Å²) in [5.41, 5.74) is 2.38. The molecule has 8 heteroatoms. The van der Waals surface area contributed by atoms with Gasteiger partial charge >= 0.3 is 6.03 Å². The van der Waals surface area contributed by atoms with Crippen molar-refractivity contribution in [3.63, 3.8) is 0 Å². The van der Waals surface area contributed by atoms with Gasteiger partial charge in [-0.25, -0.2) is 4.79 Å². The normalized spacial score (nSPS) is 14.0. The fourth-order valence-electron chi connectivity index (χ4n) is 3.16. The molecule has 0 radical (unpaired) electrons. The first-order valence-corrected chi connectivity index (χ1v) is 11.2. The smallest absolute Gasteiger partial charge is 0.321 e. The second-order valence-corrected chi connectivity index (χ2v) is 8.39. The summed E-state index contributed by atoms with van der Waals surface area (Å²) in [6.07, 6.45) is 0.745. The zero-order chi connectivity index (χ0) is 21.3. The maximum Gasteiger partial charge on any atom is 0.321 e. The number of rotatable bonds is 5. The Morgan fingerprint density at radius 1 is 1.07 bits per heavy atom. The highest BCUT2D eigenvalue weighted by Crippen LogP contribution is 2.17. The van der Waals surface area contributed by atoms with E-state index in [4.69, 9.17) is 16.9 Å². The molecule has 0 aromatic heterocycles. The first-order valence-electron chi connectivity index (χ1n) is 9.71. The van der Waals surface area contributed by atoms with Crippen LogP contribution < -0.4 is 5.32 Å². The van der Waals surface area contributed by atoms with Crippen molar-refractivity contribution >= 4 is 41.0 Å². The van der Waals surface area contributed by atoms with E-state index in [0.29, 0.717) is 48.2 Å². The molecule has 0 atom stereocenters. The van der Waals surface area contributed by atoms with Gasteiger partial charge < -0.3 is 15.1 Å². The van der Waals surface area contributed by atoms with Crippen molar-refractivity contribution in [2.75, 3.05) is 37.2 Å². The van der Waals surface area contributed by atoms with Gasteiger partial charge in [-0.1, -0.05) is 29.8 Å². The van der Waals surface area contributed by atoms with Gasteiger partial charge in [-0.15, -0.1) is 11.8 Å². The molecule has 1 saturated heterocycles. The number of hydrogen-bond acceptors (Lipinski definition) is 4. The van der Waals surface area contributed by atoms with Crippen LogP contribution in [0.1, 0.15) is 17.5 Å². The van der Waals surface area contributed by atoms with Crippen LogP contribution >= 0.6 is 23.4 Å². The first kappa shape index (κ1) is 22.0. The molecule has 2 aromatic carbocycles. The topological polar surface area (TPSA) is 76.4 Å². The molecule has 2 aromatic rings. The van der Waals surface area contributed by atoms with Crippen LogP contribution in [0.15, 0.2) is 48.5 Å². The molecule has 1 aliphatic rings. The molecule has 1 fully saturated rings. The Hall–Kier alpha value is -2.69. The quantitative estimate of drug-likeness (QED) is 0.752. The van der Waals surface area contributed by atoms with Crippen LogP contribution in [0.4, 0.5) is 10.5 Å². The third-order valence-electron chi connectivity index (χ3n) is 4.79. The van der Waals surface area contributed by atoms with Crippen molar-refractivity contribution in [1.29, 1.82) is 5.26 Å². The van der Waals surface area contributed by atoms with E-state index < -0.39 is 0 Å². The Morgan fingerprint density at radius 3 is 2.53 bits per heavy atom. The van der Waals surface area contributed by atoms with Gasteiger partial charge in [0, 0.05) is 42.6 Å². The largest absolute Gasteiger partial charge is 0.340 e. The number of urea groups is 1. The molecule has 0 bridgehead atoms. The Labute approximate surface area is 185 Å². The van der Waals surface area contributed by atoms with Crippen molar-refractivity contribution in [2.24, 2.45) is 0 Å². The SMILES string of the molecule is N#Cc1ccc(CSCC(=O)N2CCCN(C(=O)Nc3cccc(Cl)c3)CC2)cc1. The van der Waals surface area contributed by atoms with E-state index in [9.17, 15) is 9.59 Å². The summed E-state index contributed by atoms with van der Waals surface area (Å²) in [5, 5.41) is 12.3. The van der Waals surface area contributed by atoms with Crippen molar-refractivity contribution in [1.82, 2.24) is 9.80 Å². The van der Waals surface area contributed by atoms with Crippen LogP contribution in [0.3, 0.4) is 0 Å². The number of carbonyl (C=O) groups is 2. The molecule has 1 heterocycles. The van der Waals surface area contributed by atoms with Gasteiger partial charge in [0.2, 0.25) is 5.91 Å². The fraction of sp³-hybridized carbons (Fsp3) is 0.318. The summed E-state index contributed by atoms with van der Waals surface area (Å²) < 4.78 is 0. The lowest BCUT2D eigenvalue weighted by molar-refractivity contribution is -0.128. The second kappa shape index (κ2) is 10.9. The van der Waals surface area contributed by atoms with Gasteiger partial charge in [0.05, 0.1) is 17.4 Å². The Balaban J connectivity index is 1.44. The number of benzene rings is 2. The number of anilines is 1. The van der Waals surface area contributed by atoms with Crippen molar-refractivity contribution < 1.29 is 9.59 Å². The van der Waals surface area contributed by atoms with E-state index in [1.807, 2.05) is 17.0 Å². The van der Waals surface area contributed by atoms with Gasteiger partial charge in [-0.2, -0.15) is 5.26 Å². The molecule has 30 heavy (non-hydrogen) atoms. The number of nitrogens with zero attached hydrogens (tertiary/aromatic N) is 3. The Kier molecular flexibility index (Phi) is 8.00. The van der Waals surface area contributed by atoms with Gasteiger partial charge in [0.25, 0.3) is 0 Å². The van der Waals surface area contributed by atoms with Crippen LogP contribution in [-0.2, 0) is 10.5 Å². The molecule has 0 saturated carbocycles. The highest BCUT2D eigenvalue weighted by atomic mass is 35.5. The molecule has 1 N–H and O–H groups in total. The average Bonchev–Trinajstić information content (AvgIpc) is 3.01. The van der Waals surface area contributed by atoms with Crippen molar-refractivity contribution in [3.8, 4) is 6.07 Å². The van der Waals surface area contributed by atoms with E-state index in [2.05, 4.69) is 11.4 Å². The lowest BCUT2D eigenvalue weighted by atomic mass is 10.2. The lowest BCUT2D eigenvalue weighted by Gasteiger charge is -2.22. The fourth-order valence-corrected chi connectivity index (χ4v) is 4.24. The minimum atomic E-state index is -0.179. The number of hydrogen-bond donors (Lipinski definition) is 1. The third-order valence-corrected chi connectivity index (χ3v) is 6.01. The van der Waals surface area contributed by atoms with Crippen LogP contribution in [0.25, 0.3) is 0 Å². The highest BCUT2D eigenvalue weighted by Gasteiger charge is 2.22. The maximum atomic E-state index is 12.6. The van der Waals surface area contributed by atoms with Crippen LogP contribution in [-0.4, -0.2) is 53.7 Å². The molecule has 6 nitrogen and oxygen atoms in total. The second-order valence-electron chi connectivity index (χ2n) is 6.96. The van der Waals surface area contributed by atoms with E-state index in [1.54, 1.807) is 53.1 Å². The predicted octanol–water partition coefficient (Wildman–Crippen LogP) is 4.21. The maximum absolute atomic E-state index is 12.6. The standard InChI is InChI=1S/C22H23ClN4O2S/c23-19-3-1-4-20(13-19)25-22(29)27-10-2-9-26(11-12-27)21(28)16-30-15-18-7-5-17(14-24)6-8-18/h1,3-8,13H,2,9-12,15-16H2,(H,25,29). The summed E-state index contributed by atoms with van der Waals surface area (Å²) in [6.45, 7) is 2.28. The number of halogens is 1. The Morgan fingerprint density at radius 2 is 1.80 bits per heavy atom. The molecule has 3 amide bonds. The number of amides is 3. The molecule has 0 aliphatic carbocycles. The number of carbonyl (C=O) groups excluding carboxylic acids is 2. The number of nitrogens with one attached hydrogen (secondary N) is 1. The summed E-state index contributed by atoms with van der Waals surface area (Å²) in [4.78, 5) is 28.7. The third kappa shape index (κ3) is 6.41. The highest BCUT2D eigenvalue weighted by molar-refractivity contribution is 7.99. The summed E-state index contributed by atoms with van der Waals surface area (Å²) in [7, 11) is 0. The summed E-state index contributed by atoms with van der Waals surface area (Å²) >= 11 is 7.52. The van der Waals surface area contributed by atoms with Crippen LogP contribution in [0.2, 0.25) is 5.02 Å². The number of nitriles is 1. The van der Waals surface area contributed by atoms with Gasteiger partial charge in [0.1, 0.15) is 0 Å². The van der Waals surface area contributed by atoms with Gasteiger partial charge in [0.15, 0.2) is 0 Å². The zero-order valence-electron chi connectivity index (χ0n) is 16.5.